The lowest BCUT2D eigenvalue weighted by Crippen LogP contribution is -2.34. The first-order chi connectivity index (χ1) is 9.70. The lowest BCUT2D eigenvalue weighted by Gasteiger charge is -2.19. The fourth-order valence-corrected chi connectivity index (χ4v) is 3.48. The van der Waals surface area contributed by atoms with Crippen LogP contribution in [-0.2, 0) is 11.2 Å². The van der Waals surface area contributed by atoms with Gasteiger partial charge in [0.2, 0.25) is 5.91 Å². The molecule has 2 rings (SSSR count). The Morgan fingerprint density at radius 1 is 1.50 bits per heavy atom. The average Bonchev–Trinajstić information content (AvgIpc) is 2.96. The second kappa shape index (κ2) is 7.74. The monoisotopic (exact) mass is 295 g/mol. The van der Waals surface area contributed by atoms with E-state index in [1.165, 1.54) is 37.8 Å². The maximum Gasteiger partial charge on any atom is 0.224 e. The normalized spacial score (nSPS) is 17.9. The lowest BCUT2D eigenvalue weighted by molar-refractivity contribution is -0.124. The van der Waals surface area contributed by atoms with Crippen LogP contribution >= 0.6 is 11.3 Å². The molecule has 1 saturated carbocycles. The van der Waals surface area contributed by atoms with Gasteiger partial charge in [0, 0.05) is 36.7 Å². The summed E-state index contributed by atoms with van der Waals surface area (Å²) in [7, 11) is 0. The van der Waals surface area contributed by atoms with E-state index in [1.54, 1.807) is 11.3 Å². The van der Waals surface area contributed by atoms with Gasteiger partial charge in [0.25, 0.3) is 0 Å². The number of nitrogens with zero attached hydrogens (tertiary/aromatic N) is 1. The molecule has 20 heavy (non-hydrogen) atoms. The van der Waals surface area contributed by atoms with Crippen molar-refractivity contribution in [3.8, 4) is 0 Å². The Hall–Kier alpha value is -0.940. The van der Waals surface area contributed by atoms with Crippen LogP contribution in [0.2, 0.25) is 0 Å². The number of aromatic nitrogens is 1. The van der Waals surface area contributed by atoms with Gasteiger partial charge in [-0.1, -0.05) is 26.2 Å². The maximum absolute atomic E-state index is 11.6. The van der Waals surface area contributed by atoms with Crippen molar-refractivity contribution in [2.75, 3.05) is 13.1 Å². The van der Waals surface area contributed by atoms with Crippen LogP contribution in [0, 0.1) is 5.92 Å². The first-order valence-electron chi connectivity index (χ1n) is 7.62. The number of nitrogens with two attached hydrogens (primary N) is 1. The van der Waals surface area contributed by atoms with Gasteiger partial charge in [-0.15, -0.1) is 11.3 Å². The van der Waals surface area contributed by atoms with E-state index in [4.69, 9.17) is 10.7 Å². The van der Waals surface area contributed by atoms with Crippen LogP contribution in [0.25, 0.3) is 0 Å². The molecule has 0 bridgehead atoms. The van der Waals surface area contributed by atoms with Gasteiger partial charge in [-0.05, 0) is 12.8 Å². The first-order valence-corrected chi connectivity index (χ1v) is 8.50. The first kappa shape index (κ1) is 15.4. The zero-order valence-corrected chi connectivity index (χ0v) is 13.0. The molecule has 1 heterocycles. The number of hydrogen-bond acceptors (Lipinski definition) is 4. The van der Waals surface area contributed by atoms with Crippen LogP contribution < -0.4 is 11.1 Å². The highest BCUT2D eigenvalue weighted by molar-refractivity contribution is 7.09. The summed E-state index contributed by atoms with van der Waals surface area (Å²) in [5.41, 5.74) is 6.74. The van der Waals surface area contributed by atoms with Gasteiger partial charge >= 0.3 is 0 Å². The summed E-state index contributed by atoms with van der Waals surface area (Å²) in [5.74, 6) is 0.598. The summed E-state index contributed by atoms with van der Waals surface area (Å²) in [6.45, 7) is 2.90. The Bertz CT molecular complexity index is 427. The molecule has 1 amide bonds. The summed E-state index contributed by atoms with van der Waals surface area (Å²) >= 11 is 1.72. The Balaban J connectivity index is 1.76. The zero-order chi connectivity index (χ0) is 14.4. The number of thiazole rings is 1. The third-order valence-corrected chi connectivity index (χ3v) is 4.96. The average molecular weight is 295 g/mol. The molecule has 1 aliphatic rings. The minimum absolute atomic E-state index is 0.0385. The molecule has 5 heteroatoms. The Morgan fingerprint density at radius 3 is 2.95 bits per heavy atom. The number of carbonyl (C=O) groups excluding carboxylic acids is 1. The molecule has 0 spiro atoms. The number of hydrogen-bond donors (Lipinski definition) is 2. The molecule has 112 valence electrons. The molecule has 1 aromatic rings. The summed E-state index contributed by atoms with van der Waals surface area (Å²) in [6.07, 6.45) is 7.44. The van der Waals surface area contributed by atoms with Gasteiger partial charge in [-0.3, -0.25) is 4.79 Å². The van der Waals surface area contributed by atoms with Gasteiger partial charge < -0.3 is 11.1 Å². The van der Waals surface area contributed by atoms with Crippen molar-refractivity contribution in [3.63, 3.8) is 0 Å². The molecule has 1 aromatic heterocycles. The number of carbonyl (C=O) groups is 1. The molecule has 0 aliphatic heterocycles. The van der Waals surface area contributed by atoms with Crippen molar-refractivity contribution in [3.05, 3.63) is 16.1 Å². The minimum atomic E-state index is -0.107. The van der Waals surface area contributed by atoms with E-state index in [9.17, 15) is 4.79 Å². The SMILES string of the molecule is CC(CN)C(=O)NCCc1nc(C2CCCCC2)cs1. The van der Waals surface area contributed by atoms with Crippen molar-refractivity contribution in [1.29, 1.82) is 0 Å². The molecule has 1 aliphatic carbocycles. The predicted molar refractivity (Wildman–Crippen MR) is 82.9 cm³/mol. The summed E-state index contributed by atoms with van der Waals surface area (Å²) in [4.78, 5) is 16.3. The van der Waals surface area contributed by atoms with Crippen LogP contribution in [0.4, 0.5) is 0 Å². The number of rotatable bonds is 6. The highest BCUT2D eigenvalue weighted by atomic mass is 32.1. The third kappa shape index (κ3) is 4.28. The molecule has 4 nitrogen and oxygen atoms in total. The smallest absolute Gasteiger partial charge is 0.224 e. The van der Waals surface area contributed by atoms with E-state index in [1.807, 2.05) is 6.92 Å². The van der Waals surface area contributed by atoms with Crippen LogP contribution in [0.3, 0.4) is 0 Å². The molecular weight excluding hydrogens is 270 g/mol. The minimum Gasteiger partial charge on any atom is -0.355 e. The van der Waals surface area contributed by atoms with Gasteiger partial charge in [-0.2, -0.15) is 0 Å². The van der Waals surface area contributed by atoms with Crippen molar-refractivity contribution in [2.45, 2.75) is 51.4 Å². The van der Waals surface area contributed by atoms with E-state index >= 15 is 0 Å². The lowest BCUT2D eigenvalue weighted by atomic mass is 9.87. The van der Waals surface area contributed by atoms with Gasteiger partial charge in [-0.25, -0.2) is 4.98 Å². The van der Waals surface area contributed by atoms with Gasteiger partial charge in [0.05, 0.1) is 10.7 Å². The van der Waals surface area contributed by atoms with Gasteiger partial charge in [0.1, 0.15) is 0 Å². The van der Waals surface area contributed by atoms with Gasteiger partial charge in [0.15, 0.2) is 0 Å². The molecule has 1 atom stereocenters. The molecule has 0 radical (unpaired) electrons. The summed E-state index contributed by atoms with van der Waals surface area (Å²) in [6, 6.07) is 0. The number of nitrogens with one attached hydrogen (secondary N) is 1. The molecule has 1 unspecified atom stereocenters. The van der Waals surface area contributed by atoms with E-state index in [-0.39, 0.29) is 11.8 Å². The highest BCUT2D eigenvalue weighted by Gasteiger charge is 2.18. The highest BCUT2D eigenvalue weighted by Crippen LogP contribution is 2.33. The fourth-order valence-electron chi connectivity index (χ4n) is 2.60. The summed E-state index contributed by atoms with van der Waals surface area (Å²) in [5, 5.41) is 6.25. The Labute approximate surface area is 125 Å². The van der Waals surface area contributed by atoms with Crippen molar-refractivity contribution >= 4 is 17.2 Å². The van der Waals surface area contributed by atoms with Crippen molar-refractivity contribution < 1.29 is 4.79 Å². The topological polar surface area (TPSA) is 68.0 Å². The standard InChI is InChI=1S/C15H25N3OS/c1-11(9-16)15(19)17-8-7-14-18-13(10-20-14)12-5-3-2-4-6-12/h10-12H,2-9,16H2,1H3,(H,17,19). The van der Waals surface area contributed by atoms with E-state index in [0.717, 1.165) is 11.4 Å². The fraction of sp³-hybridized carbons (Fsp3) is 0.733. The van der Waals surface area contributed by atoms with E-state index in [0.29, 0.717) is 19.0 Å². The number of amides is 1. The van der Waals surface area contributed by atoms with Crippen molar-refractivity contribution in [1.82, 2.24) is 10.3 Å². The predicted octanol–water partition coefficient (Wildman–Crippen LogP) is 2.44. The van der Waals surface area contributed by atoms with Crippen LogP contribution in [0.15, 0.2) is 5.38 Å². The van der Waals surface area contributed by atoms with Crippen molar-refractivity contribution in [2.24, 2.45) is 11.7 Å². The maximum atomic E-state index is 11.6. The molecule has 3 N–H and O–H groups in total. The van der Waals surface area contributed by atoms with E-state index < -0.39 is 0 Å². The third-order valence-electron chi connectivity index (χ3n) is 4.03. The molecule has 0 aromatic carbocycles. The van der Waals surface area contributed by atoms with Crippen LogP contribution in [-0.4, -0.2) is 24.0 Å². The molecular formula is C15H25N3OS. The Kier molecular flexibility index (Phi) is 5.98. The zero-order valence-electron chi connectivity index (χ0n) is 12.2. The van der Waals surface area contributed by atoms with E-state index in [2.05, 4.69) is 10.7 Å². The second-order valence-electron chi connectivity index (χ2n) is 5.68. The van der Waals surface area contributed by atoms with Crippen LogP contribution in [0.1, 0.15) is 55.6 Å². The second-order valence-corrected chi connectivity index (χ2v) is 6.62. The molecule has 1 fully saturated rings. The largest absolute Gasteiger partial charge is 0.355 e. The summed E-state index contributed by atoms with van der Waals surface area (Å²) < 4.78 is 0. The Morgan fingerprint density at radius 2 is 2.25 bits per heavy atom. The quantitative estimate of drug-likeness (QED) is 0.847. The van der Waals surface area contributed by atoms with Crippen LogP contribution in [0.5, 0.6) is 0 Å². The molecule has 0 saturated heterocycles.